The van der Waals surface area contributed by atoms with Gasteiger partial charge in [0.2, 0.25) is 10.0 Å². The van der Waals surface area contributed by atoms with E-state index in [1.807, 2.05) is 0 Å². The van der Waals surface area contributed by atoms with Crippen LogP contribution in [-0.2, 0) is 10.0 Å². The molecular formula is C13H18ClNO4S. The molecule has 0 saturated heterocycles. The zero-order chi connectivity index (χ0) is 14.8. The van der Waals surface area contributed by atoms with Crippen molar-refractivity contribution in [1.29, 1.82) is 0 Å². The lowest BCUT2D eigenvalue weighted by Crippen LogP contribution is -2.32. The highest BCUT2D eigenvalue weighted by molar-refractivity contribution is 7.89. The van der Waals surface area contributed by atoms with Gasteiger partial charge in [-0.3, -0.25) is 0 Å². The van der Waals surface area contributed by atoms with Gasteiger partial charge in [-0.15, -0.1) is 0 Å². The highest BCUT2D eigenvalue weighted by Gasteiger charge is 2.27. The lowest BCUT2D eigenvalue weighted by atomic mass is 10.1. The van der Waals surface area contributed by atoms with Crippen molar-refractivity contribution in [3.8, 4) is 5.75 Å². The average Bonchev–Trinajstić information content (AvgIpc) is 2.81. The molecule has 2 rings (SSSR count). The molecule has 2 atom stereocenters. The number of methoxy groups -OCH3 is 1. The van der Waals surface area contributed by atoms with Crippen molar-refractivity contribution >= 4 is 21.6 Å². The van der Waals surface area contributed by atoms with E-state index in [0.717, 1.165) is 19.3 Å². The smallest absolute Gasteiger partial charge is 0.244 e. The van der Waals surface area contributed by atoms with Crippen LogP contribution in [0.2, 0.25) is 5.02 Å². The summed E-state index contributed by atoms with van der Waals surface area (Å²) >= 11 is 5.82. The molecule has 0 bridgehead atoms. The van der Waals surface area contributed by atoms with Gasteiger partial charge in [-0.05, 0) is 30.9 Å². The highest BCUT2D eigenvalue weighted by Crippen LogP contribution is 2.28. The Labute approximate surface area is 124 Å². The van der Waals surface area contributed by atoms with Crippen LogP contribution in [0.1, 0.15) is 19.3 Å². The van der Waals surface area contributed by atoms with Gasteiger partial charge in [-0.25, -0.2) is 13.1 Å². The van der Waals surface area contributed by atoms with Gasteiger partial charge in [0.05, 0.1) is 13.2 Å². The molecule has 1 aliphatic carbocycles. The summed E-state index contributed by atoms with van der Waals surface area (Å²) in [4.78, 5) is 0.0527. The van der Waals surface area contributed by atoms with E-state index in [1.54, 1.807) is 0 Å². The molecule has 1 aromatic carbocycles. The molecule has 1 saturated carbocycles. The Balaban J connectivity index is 2.14. The van der Waals surface area contributed by atoms with Gasteiger partial charge in [0.15, 0.2) is 0 Å². The first kappa shape index (κ1) is 15.6. The van der Waals surface area contributed by atoms with Crippen LogP contribution in [0.5, 0.6) is 5.75 Å². The molecule has 5 nitrogen and oxygen atoms in total. The van der Waals surface area contributed by atoms with Gasteiger partial charge >= 0.3 is 0 Å². The summed E-state index contributed by atoms with van der Waals surface area (Å²) in [5.74, 6) is 0.181. The first-order valence-electron chi connectivity index (χ1n) is 6.45. The van der Waals surface area contributed by atoms with E-state index >= 15 is 0 Å². The van der Waals surface area contributed by atoms with Gasteiger partial charge in [0, 0.05) is 17.6 Å². The van der Waals surface area contributed by atoms with Crippen LogP contribution in [-0.4, -0.2) is 33.3 Å². The topological polar surface area (TPSA) is 75.6 Å². The van der Waals surface area contributed by atoms with E-state index in [0.29, 0.717) is 5.02 Å². The molecule has 2 unspecified atom stereocenters. The summed E-state index contributed by atoms with van der Waals surface area (Å²) in [6, 6.07) is 4.37. The molecule has 0 radical (unpaired) electrons. The Bertz CT molecular complexity index is 576. The fourth-order valence-corrected chi connectivity index (χ4v) is 3.82. The Kier molecular flexibility index (Phi) is 4.90. The molecule has 0 spiro atoms. The summed E-state index contributed by atoms with van der Waals surface area (Å²) in [6.07, 6.45) is 2.07. The number of hydrogen-bond donors (Lipinski definition) is 2. The van der Waals surface area contributed by atoms with E-state index < -0.39 is 16.1 Å². The number of benzene rings is 1. The predicted molar refractivity (Wildman–Crippen MR) is 76.5 cm³/mol. The van der Waals surface area contributed by atoms with Gasteiger partial charge in [-0.2, -0.15) is 0 Å². The van der Waals surface area contributed by atoms with Crippen LogP contribution in [0.15, 0.2) is 23.1 Å². The van der Waals surface area contributed by atoms with Crippen LogP contribution < -0.4 is 9.46 Å². The minimum absolute atomic E-state index is 0.0249. The molecule has 0 heterocycles. The minimum atomic E-state index is -3.68. The molecule has 0 aromatic heterocycles. The third-order valence-corrected chi connectivity index (χ3v) is 5.27. The van der Waals surface area contributed by atoms with Crippen molar-refractivity contribution in [3.05, 3.63) is 23.2 Å². The Morgan fingerprint density at radius 2 is 2.20 bits per heavy atom. The number of nitrogens with one attached hydrogen (secondary N) is 1. The van der Waals surface area contributed by atoms with E-state index in [1.165, 1.54) is 25.3 Å². The van der Waals surface area contributed by atoms with E-state index in [-0.39, 0.29) is 23.1 Å². The van der Waals surface area contributed by atoms with Gasteiger partial charge in [0.25, 0.3) is 0 Å². The fraction of sp³-hybridized carbons (Fsp3) is 0.538. The van der Waals surface area contributed by atoms with Crippen molar-refractivity contribution in [2.45, 2.75) is 30.3 Å². The fourth-order valence-electron chi connectivity index (χ4n) is 2.41. The third kappa shape index (κ3) is 3.44. The van der Waals surface area contributed by atoms with Crippen LogP contribution in [0.3, 0.4) is 0 Å². The van der Waals surface area contributed by atoms with E-state index in [2.05, 4.69) is 4.72 Å². The number of halogens is 1. The molecular weight excluding hydrogens is 302 g/mol. The second kappa shape index (κ2) is 6.30. The Morgan fingerprint density at radius 1 is 1.45 bits per heavy atom. The second-order valence-corrected chi connectivity index (χ2v) is 7.08. The normalized spacial score (nSPS) is 22.9. The summed E-state index contributed by atoms with van der Waals surface area (Å²) in [6.45, 7) is 0.231. The Hall–Kier alpha value is -0.820. The summed E-state index contributed by atoms with van der Waals surface area (Å²) in [5.41, 5.74) is 0. The molecule has 1 aromatic rings. The average molecular weight is 320 g/mol. The van der Waals surface area contributed by atoms with E-state index in [9.17, 15) is 13.5 Å². The number of aliphatic hydroxyl groups excluding tert-OH is 1. The summed E-state index contributed by atoms with van der Waals surface area (Å²) in [5, 5.41) is 10.1. The minimum Gasteiger partial charge on any atom is -0.495 e. The van der Waals surface area contributed by atoms with E-state index in [4.69, 9.17) is 16.3 Å². The molecule has 7 heteroatoms. The van der Waals surface area contributed by atoms with Crippen LogP contribution >= 0.6 is 11.6 Å². The quantitative estimate of drug-likeness (QED) is 0.867. The molecule has 2 N–H and O–H groups in total. The van der Waals surface area contributed by atoms with Gasteiger partial charge in [-0.1, -0.05) is 18.0 Å². The first-order valence-corrected chi connectivity index (χ1v) is 8.31. The van der Waals surface area contributed by atoms with Crippen LogP contribution in [0, 0.1) is 5.92 Å². The maximum Gasteiger partial charge on any atom is 0.244 e. The lowest BCUT2D eigenvalue weighted by Gasteiger charge is -2.16. The number of sulfonamides is 1. The summed E-state index contributed by atoms with van der Waals surface area (Å²) < 4.78 is 32.1. The molecule has 0 amide bonds. The highest BCUT2D eigenvalue weighted by atomic mass is 35.5. The van der Waals surface area contributed by atoms with Crippen molar-refractivity contribution < 1.29 is 18.3 Å². The lowest BCUT2D eigenvalue weighted by molar-refractivity contribution is 0.134. The predicted octanol–water partition coefficient (Wildman–Crippen LogP) is 1.79. The number of ether oxygens (including phenoxy) is 1. The van der Waals surface area contributed by atoms with Crippen molar-refractivity contribution in [3.63, 3.8) is 0 Å². The molecule has 20 heavy (non-hydrogen) atoms. The molecule has 112 valence electrons. The Morgan fingerprint density at radius 3 is 2.80 bits per heavy atom. The molecule has 1 fully saturated rings. The van der Waals surface area contributed by atoms with Crippen LogP contribution in [0.4, 0.5) is 0 Å². The monoisotopic (exact) mass is 319 g/mol. The second-order valence-electron chi connectivity index (χ2n) is 4.91. The molecule has 1 aliphatic rings. The zero-order valence-corrected chi connectivity index (χ0v) is 12.7. The number of hydrogen-bond acceptors (Lipinski definition) is 4. The van der Waals surface area contributed by atoms with Crippen molar-refractivity contribution in [2.75, 3.05) is 13.7 Å². The van der Waals surface area contributed by atoms with Crippen LogP contribution in [0.25, 0.3) is 0 Å². The first-order chi connectivity index (χ1) is 9.44. The largest absolute Gasteiger partial charge is 0.495 e. The number of aliphatic hydroxyl groups is 1. The van der Waals surface area contributed by atoms with Crippen molar-refractivity contribution in [1.82, 2.24) is 4.72 Å². The summed E-state index contributed by atoms with van der Waals surface area (Å²) in [7, 11) is -2.28. The third-order valence-electron chi connectivity index (χ3n) is 3.57. The van der Waals surface area contributed by atoms with Crippen molar-refractivity contribution in [2.24, 2.45) is 5.92 Å². The zero-order valence-electron chi connectivity index (χ0n) is 11.2. The maximum absolute atomic E-state index is 12.3. The van der Waals surface area contributed by atoms with Gasteiger partial charge < -0.3 is 9.84 Å². The molecule has 0 aliphatic heterocycles. The SMILES string of the molecule is COc1cc(Cl)ccc1S(=O)(=O)NCC1CCCC1O. The standard InChI is InChI=1S/C13H18ClNO4S/c1-19-12-7-10(14)5-6-13(12)20(17,18)15-8-9-3-2-4-11(9)16/h5-7,9,11,15-16H,2-4,8H2,1H3. The number of rotatable bonds is 5. The van der Waals surface area contributed by atoms with Gasteiger partial charge in [0.1, 0.15) is 10.6 Å². The maximum atomic E-state index is 12.3.